The number of carbonyl (C=O) groups is 2. The first-order valence-corrected chi connectivity index (χ1v) is 4.92. The number of nitrogens with zero attached hydrogens (tertiary/aromatic N) is 1. The van der Waals surface area contributed by atoms with Crippen LogP contribution >= 0.6 is 0 Å². The normalized spacial score (nSPS) is 22.2. The van der Waals surface area contributed by atoms with E-state index in [1.165, 1.54) is 0 Å². The first-order chi connectivity index (χ1) is 6.32. The molecule has 0 unspecified atom stereocenters. The van der Waals surface area contributed by atoms with Crippen LogP contribution in [-0.2, 0) is 4.79 Å². The summed E-state index contributed by atoms with van der Waals surface area (Å²) in [5, 5.41) is 2.38. The minimum atomic E-state index is -0.268. The van der Waals surface area contributed by atoms with E-state index in [2.05, 4.69) is 5.32 Å². The molecule has 0 atom stereocenters. The lowest BCUT2D eigenvalue weighted by molar-refractivity contribution is -0.121. The third-order valence-corrected chi connectivity index (χ3v) is 2.37. The van der Waals surface area contributed by atoms with E-state index in [9.17, 15) is 9.59 Å². The molecule has 0 saturated carbocycles. The summed E-state index contributed by atoms with van der Waals surface area (Å²) < 4.78 is 0. The fraction of sp³-hybridized carbons (Fsp3) is 0.800. The molecule has 0 radical (unpaired) electrons. The van der Waals surface area contributed by atoms with Crippen molar-refractivity contribution in [1.29, 1.82) is 0 Å². The molecule has 0 aromatic heterocycles. The molecular formula is C10H18N2O2. The molecule has 1 fully saturated rings. The Kier molecular flexibility index (Phi) is 2.83. The predicted molar refractivity (Wildman–Crippen MR) is 53.8 cm³/mol. The first kappa shape index (κ1) is 11.0. The molecule has 1 saturated heterocycles. The van der Waals surface area contributed by atoms with Crippen LogP contribution in [0.5, 0.6) is 0 Å². The van der Waals surface area contributed by atoms with E-state index in [0.717, 1.165) is 0 Å². The van der Waals surface area contributed by atoms with Gasteiger partial charge in [0.15, 0.2) is 0 Å². The van der Waals surface area contributed by atoms with Gasteiger partial charge in [0.1, 0.15) is 0 Å². The highest BCUT2D eigenvalue weighted by atomic mass is 16.2. The van der Waals surface area contributed by atoms with Crippen LogP contribution < -0.4 is 5.32 Å². The highest BCUT2D eigenvalue weighted by Crippen LogP contribution is 2.25. The summed E-state index contributed by atoms with van der Waals surface area (Å²) in [6.45, 7) is 8.53. The van der Waals surface area contributed by atoms with E-state index >= 15 is 0 Å². The molecule has 1 rings (SSSR count). The third-order valence-electron chi connectivity index (χ3n) is 2.37. The number of rotatable bonds is 1. The van der Waals surface area contributed by atoms with Crippen molar-refractivity contribution in [3.05, 3.63) is 0 Å². The van der Waals surface area contributed by atoms with Crippen molar-refractivity contribution in [1.82, 2.24) is 10.2 Å². The van der Waals surface area contributed by atoms with Crippen molar-refractivity contribution < 1.29 is 9.59 Å². The number of imide groups is 1. The van der Waals surface area contributed by atoms with E-state index in [1.54, 1.807) is 4.90 Å². The van der Waals surface area contributed by atoms with Gasteiger partial charge in [0.2, 0.25) is 5.91 Å². The monoisotopic (exact) mass is 198 g/mol. The van der Waals surface area contributed by atoms with Crippen LogP contribution in [0, 0.1) is 5.41 Å². The third kappa shape index (κ3) is 2.47. The summed E-state index contributed by atoms with van der Waals surface area (Å²) in [4.78, 5) is 24.6. The number of carbonyl (C=O) groups excluding carboxylic acids is 2. The summed E-state index contributed by atoms with van der Waals surface area (Å²) in [5.41, 5.74) is -0.138. The largest absolute Gasteiger partial charge is 0.324 e. The maximum absolute atomic E-state index is 11.5. The average Bonchev–Trinajstić information content (AvgIpc) is 2.06. The minimum Gasteiger partial charge on any atom is -0.321 e. The second kappa shape index (κ2) is 3.59. The summed E-state index contributed by atoms with van der Waals surface area (Å²) >= 11 is 0. The molecule has 4 heteroatoms. The van der Waals surface area contributed by atoms with Gasteiger partial charge in [0.25, 0.3) is 0 Å². The maximum Gasteiger partial charge on any atom is 0.324 e. The van der Waals surface area contributed by atoms with Crippen molar-refractivity contribution in [2.75, 3.05) is 6.54 Å². The standard InChI is InChI=1S/C10H18N2O2/c1-7(2)12-6-10(3,4)5-8(13)11-9(12)14/h7H,5-6H2,1-4H3,(H,11,13,14). The molecule has 1 aliphatic heterocycles. The van der Waals surface area contributed by atoms with Gasteiger partial charge in [0.05, 0.1) is 0 Å². The van der Waals surface area contributed by atoms with Gasteiger partial charge >= 0.3 is 6.03 Å². The van der Waals surface area contributed by atoms with Gasteiger partial charge in [0, 0.05) is 19.0 Å². The second-order valence-corrected chi connectivity index (χ2v) is 4.92. The summed E-state index contributed by atoms with van der Waals surface area (Å²) in [5.74, 6) is -0.178. The Morgan fingerprint density at radius 2 is 1.93 bits per heavy atom. The predicted octanol–water partition coefficient (Wildman–Crippen LogP) is 1.36. The Bertz CT molecular complexity index is 259. The van der Waals surface area contributed by atoms with E-state index in [0.29, 0.717) is 13.0 Å². The Morgan fingerprint density at radius 1 is 1.36 bits per heavy atom. The summed E-state index contributed by atoms with van der Waals surface area (Å²) in [7, 11) is 0. The molecule has 14 heavy (non-hydrogen) atoms. The highest BCUT2D eigenvalue weighted by Gasteiger charge is 2.33. The molecule has 0 aliphatic carbocycles. The maximum atomic E-state index is 11.5. The molecule has 80 valence electrons. The Hall–Kier alpha value is -1.06. The molecule has 1 N–H and O–H groups in total. The number of hydrogen-bond acceptors (Lipinski definition) is 2. The fourth-order valence-corrected chi connectivity index (χ4v) is 1.68. The molecule has 1 aliphatic rings. The number of urea groups is 1. The number of nitrogens with one attached hydrogen (secondary N) is 1. The van der Waals surface area contributed by atoms with Gasteiger partial charge in [-0.3, -0.25) is 10.1 Å². The van der Waals surface area contributed by atoms with Gasteiger partial charge in [-0.1, -0.05) is 13.8 Å². The second-order valence-electron chi connectivity index (χ2n) is 4.92. The minimum absolute atomic E-state index is 0.125. The zero-order valence-corrected chi connectivity index (χ0v) is 9.26. The number of hydrogen-bond donors (Lipinski definition) is 1. The van der Waals surface area contributed by atoms with Crippen LogP contribution in [0.3, 0.4) is 0 Å². The van der Waals surface area contributed by atoms with E-state index in [-0.39, 0.29) is 23.4 Å². The van der Waals surface area contributed by atoms with Gasteiger partial charge in [-0.05, 0) is 19.3 Å². The van der Waals surface area contributed by atoms with Crippen molar-refractivity contribution in [2.45, 2.75) is 40.2 Å². The molecule has 0 spiro atoms. The van der Waals surface area contributed by atoms with Gasteiger partial charge < -0.3 is 4.90 Å². The SMILES string of the molecule is CC(C)N1CC(C)(C)CC(=O)NC1=O. The molecule has 0 bridgehead atoms. The topological polar surface area (TPSA) is 49.4 Å². The van der Waals surface area contributed by atoms with Crippen LogP contribution in [0.25, 0.3) is 0 Å². The van der Waals surface area contributed by atoms with Crippen molar-refractivity contribution >= 4 is 11.9 Å². The van der Waals surface area contributed by atoms with Gasteiger partial charge in [-0.15, -0.1) is 0 Å². The summed E-state index contributed by atoms with van der Waals surface area (Å²) in [6.07, 6.45) is 0.405. The van der Waals surface area contributed by atoms with Crippen LogP contribution in [0.4, 0.5) is 4.79 Å². The molecule has 0 aromatic rings. The first-order valence-electron chi connectivity index (χ1n) is 4.92. The summed E-state index contributed by atoms with van der Waals surface area (Å²) in [6, 6.07) is -0.143. The van der Waals surface area contributed by atoms with Gasteiger partial charge in [-0.2, -0.15) is 0 Å². The van der Waals surface area contributed by atoms with E-state index < -0.39 is 0 Å². The molecule has 0 aromatic carbocycles. The smallest absolute Gasteiger partial charge is 0.321 e. The Morgan fingerprint density at radius 3 is 2.43 bits per heavy atom. The zero-order chi connectivity index (χ0) is 10.9. The molecular weight excluding hydrogens is 180 g/mol. The molecule has 3 amide bonds. The van der Waals surface area contributed by atoms with Crippen LogP contribution in [-0.4, -0.2) is 29.4 Å². The zero-order valence-electron chi connectivity index (χ0n) is 9.26. The van der Waals surface area contributed by atoms with Crippen molar-refractivity contribution in [3.63, 3.8) is 0 Å². The lowest BCUT2D eigenvalue weighted by Gasteiger charge is -2.30. The lowest BCUT2D eigenvalue weighted by Crippen LogP contribution is -2.45. The van der Waals surface area contributed by atoms with Crippen LogP contribution in [0.1, 0.15) is 34.1 Å². The molecule has 4 nitrogen and oxygen atoms in total. The highest BCUT2D eigenvalue weighted by molar-refractivity contribution is 5.95. The van der Waals surface area contributed by atoms with Crippen molar-refractivity contribution in [3.8, 4) is 0 Å². The van der Waals surface area contributed by atoms with Crippen LogP contribution in [0.15, 0.2) is 0 Å². The fourth-order valence-electron chi connectivity index (χ4n) is 1.68. The van der Waals surface area contributed by atoms with Crippen molar-refractivity contribution in [2.24, 2.45) is 5.41 Å². The number of amides is 3. The van der Waals surface area contributed by atoms with Crippen LogP contribution in [0.2, 0.25) is 0 Å². The van der Waals surface area contributed by atoms with Gasteiger partial charge in [-0.25, -0.2) is 4.79 Å². The quantitative estimate of drug-likeness (QED) is 0.691. The average molecular weight is 198 g/mol. The van der Waals surface area contributed by atoms with E-state index in [1.807, 2.05) is 27.7 Å². The molecule has 1 heterocycles. The Balaban J connectivity index is 2.87. The lowest BCUT2D eigenvalue weighted by atomic mass is 9.88. The Labute approximate surface area is 84.7 Å². The van der Waals surface area contributed by atoms with E-state index in [4.69, 9.17) is 0 Å².